The van der Waals surface area contributed by atoms with Crippen molar-refractivity contribution in [3.63, 3.8) is 0 Å². The molecule has 2 N–H and O–H groups in total. The molecule has 2 aromatic carbocycles. The summed E-state index contributed by atoms with van der Waals surface area (Å²) >= 11 is 0. The highest BCUT2D eigenvalue weighted by Crippen LogP contribution is 2.26. The van der Waals surface area contributed by atoms with Gasteiger partial charge in [0.25, 0.3) is 0 Å². The summed E-state index contributed by atoms with van der Waals surface area (Å²) in [5.74, 6) is -0.961. The number of amides is 2. The number of carbonyl (C=O) groups is 2. The molecule has 2 amide bonds. The van der Waals surface area contributed by atoms with Crippen LogP contribution in [0.4, 0.5) is 4.39 Å². The first-order valence-corrected chi connectivity index (χ1v) is 13.4. The molecule has 0 bridgehead atoms. The standard InChI is InChI=1S/C26H34FN3O4S/c1-18(2)16-24(31)29-25(26(32)28-17-20-6-8-22(27)9-7-20)21-12-14-30(15-13-21)35(33,34)23-10-4-19(3)5-11-23/h4-11,18,21,25H,12-17H2,1-3H3,(H,28,32)(H,29,31)/t25-/m0/s1. The average molecular weight is 504 g/mol. The Hall–Kier alpha value is -2.78. The lowest BCUT2D eigenvalue weighted by Gasteiger charge is -2.35. The van der Waals surface area contributed by atoms with Crippen LogP contribution in [0.3, 0.4) is 0 Å². The van der Waals surface area contributed by atoms with E-state index >= 15 is 0 Å². The highest BCUT2D eigenvalue weighted by atomic mass is 32.2. The molecule has 0 aliphatic carbocycles. The van der Waals surface area contributed by atoms with Crippen LogP contribution in [0.25, 0.3) is 0 Å². The third-order valence-electron chi connectivity index (χ3n) is 6.20. The lowest BCUT2D eigenvalue weighted by molar-refractivity contribution is -0.131. The fraction of sp³-hybridized carbons (Fsp3) is 0.462. The zero-order valence-corrected chi connectivity index (χ0v) is 21.3. The Morgan fingerprint density at radius 1 is 1.03 bits per heavy atom. The molecule has 1 atom stereocenters. The van der Waals surface area contributed by atoms with E-state index in [0.717, 1.165) is 11.1 Å². The maximum Gasteiger partial charge on any atom is 0.243 e. The van der Waals surface area contributed by atoms with E-state index in [2.05, 4.69) is 10.6 Å². The molecule has 3 rings (SSSR count). The lowest BCUT2D eigenvalue weighted by Crippen LogP contribution is -2.53. The lowest BCUT2D eigenvalue weighted by atomic mass is 9.89. The van der Waals surface area contributed by atoms with Crippen LogP contribution >= 0.6 is 0 Å². The number of rotatable bonds is 9. The van der Waals surface area contributed by atoms with E-state index in [1.54, 1.807) is 36.4 Å². The Bertz CT molecular complexity index is 1110. The van der Waals surface area contributed by atoms with E-state index in [1.165, 1.54) is 16.4 Å². The van der Waals surface area contributed by atoms with E-state index in [1.807, 2.05) is 20.8 Å². The highest BCUT2D eigenvalue weighted by Gasteiger charge is 2.36. The van der Waals surface area contributed by atoms with Gasteiger partial charge in [-0.25, -0.2) is 12.8 Å². The molecular weight excluding hydrogens is 469 g/mol. The van der Waals surface area contributed by atoms with Gasteiger partial charge in [0.15, 0.2) is 0 Å². The molecule has 0 saturated carbocycles. The molecular formula is C26H34FN3O4S. The van der Waals surface area contributed by atoms with Gasteiger partial charge in [-0.1, -0.05) is 43.7 Å². The van der Waals surface area contributed by atoms with Gasteiger partial charge in [-0.3, -0.25) is 9.59 Å². The molecule has 7 nitrogen and oxygen atoms in total. The quantitative estimate of drug-likeness (QED) is 0.548. The number of hydrogen-bond donors (Lipinski definition) is 2. The highest BCUT2D eigenvalue weighted by molar-refractivity contribution is 7.89. The Morgan fingerprint density at radius 3 is 2.20 bits per heavy atom. The zero-order valence-electron chi connectivity index (χ0n) is 20.5. The van der Waals surface area contributed by atoms with Crippen molar-refractivity contribution in [2.45, 2.75) is 57.5 Å². The van der Waals surface area contributed by atoms with Crippen molar-refractivity contribution in [1.29, 1.82) is 0 Å². The van der Waals surface area contributed by atoms with E-state index in [9.17, 15) is 22.4 Å². The summed E-state index contributed by atoms with van der Waals surface area (Å²) in [5, 5.41) is 5.71. The van der Waals surface area contributed by atoms with Gasteiger partial charge in [-0.15, -0.1) is 0 Å². The van der Waals surface area contributed by atoms with E-state index in [-0.39, 0.29) is 54.0 Å². The number of carbonyl (C=O) groups excluding carboxylic acids is 2. The second-order valence-corrected chi connectivity index (χ2v) is 11.5. The van der Waals surface area contributed by atoms with Crippen LogP contribution in [-0.4, -0.2) is 43.7 Å². The molecule has 0 spiro atoms. The molecule has 1 heterocycles. The molecule has 9 heteroatoms. The fourth-order valence-corrected chi connectivity index (χ4v) is 5.68. The monoisotopic (exact) mass is 503 g/mol. The van der Waals surface area contributed by atoms with E-state index in [0.29, 0.717) is 19.3 Å². The first-order valence-electron chi connectivity index (χ1n) is 11.9. The van der Waals surface area contributed by atoms with Gasteiger partial charge in [-0.2, -0.15) is 4.31 Å². The topological polar surface area (TPSA) is 95.6 Å². The van der Waals surface area contributed by atoms with Gasteiger partial charge < -0.3 is 10.6 Å². The van der Waals surface area contributed by atoms with Crippen LogP contribution in [0.5, 0.6) is 0 Å². The fourth-order valence-electron chi connectivity index (χ4n) is 4.21. The minimum atomic E-state index is -3.62. The van der Waals surface area contributed by atoms with Gasteiger partial charge in [0.1, 0.15) is 11.9 Å². The molecule has 35 heavy (non-hydrogen) atoms. The number of halogens is 1. The van der Waals surface area contributed by atoms with Gasteiger partial charge in [-0.05, 0) is 61.4 Å². The second-order valence-electron chi connectivity index (χ2n) is 9.54. The maximum absolute atomic E-state index is 13.2. The number of sulfonamides is 1. The summed E-state index contributed by atoms with van der Waals surface area (Å²) in [7, 11) is -3.62. The Morgan fingerprint density at radius 2 is 1.63 bits per heavy atom. The van der Waals surface area contributed by atoms with Crippen molar-refractivity contribution in [2.24, 2.45) is 11.8 Å². The number of benzene rings is 2. The molecule has 1 fully saturated rings. The van der Waals surface area contributed by atoms with Crippen LogP contribution < -0.4 is 10.6 Å². The largest absolute Gasteiger partial charge is 0.350 e. The summed E-state index contributed by atoms with van der Waals surface area (Å²) in [6.45, 7) is 6.49. The van der Waals surface area contributed by atoms with Gasteiger partial charge in [0.05, 0.1) is 4.90 Å². The SMILES string of the molecule is Cc1ccc(S(=O)(=O)N2CCC([C@H](NC(=O)CC(C)C)C(=O)NCc3ccc(F)cc3)CC2)cc1. The molecule has 190 valence electrons. The normalized spacial score (nSPS) is 16.1. The van der Waals surface area contributed by atoms with E-state index < -0.39 is 16.1 Å². The smallest absolute Gasteiger partial charge is 0.243 e. The van der Waals surface area contributed by atoms with Gasteiger partial charge in [0.2, 0.25) is 21.8 Å². The molecule has 1 aliphatic heterocycles. The van der Waals surface area contributed by atoms with Crippen LogP contribution in [0.2, 0.25) is 0 Å². The van der Waals surface area contributed by atoms with Crippen LogP contribution in [0, 0.1) is 24.6 Å². The van der Waals surface area contributed by atoms with Crippen LogP contribution in [-0.2, 0) is 26.2 Å². The number of aryl methyl sites for hydroxylation is 1. The maximum atomic E-state index is 13.2. The van der Waals surface area contributed by atoms with Crippen molar-refractivity contribution >= 4 is 21.8 Å². The molecule has 0 radical (unpaired) electrons. The number of piperidine rings is 1. The minimum Gasteiger partial charge on any atom is -0.350 e. The van der Waals surface area contributed by atoms with Crippen molar-refractivity contribution in [1.82, 2.24) is 14.9 Å². The van der Waals surface area contributed by atoms with E-state index in [4.69, 9.17) is 0 Å². The number of nitrogens with zero attached hydrogens (tertiary/aromatic N) is 1. The molecule has 2 aromatic rings. The van der Waals surface area contributed by atoms with Crippen molar-refractivity contribution in [2.75, 3.05) is 13.1 Å². The Kier molecular flexibility index (Phi) is 9.02. The molecule has 0 unspecified atom stereocenters. The summed E-state index contributed by atoms with van der Waals surface area (Å²) in [5.41, 5.74) is 1.72. The predicted octanol–water partition coefficient (Wildman–Crippen LogP) is 3.38. The Labute approximate surface area is 207 Å². The molecule has 1 saturated heterocycles. The third-order valence-corrected chi connectivity index (χ3v) is 8.11. The van der Waals surface area contributed by atoms with Crippen molar-refractivity contribution < 1.29 is 22.4 Å². The predicted molar refractivity (Wildman–Crippen MR) is 132 cm³/mol. The average Bonchev–Trinajstić information content (AvgIpc) is 2.82. The second kappa shape index (κ2) is 11.8. The summed E-state index contributed by atoms with van der Waals surface area (Å²) in [6, 6.07) is 11.8. The van der Waals surface area contributed by atoms with Gasteiger partial charge >= 0.3 is 0 Å². The van der Waals surface area contributed by atoms with Crippen LogP contribution in [0.15, 0.2) is 53.4 Å². The summed E-state index contributed by atoms with van der Waals surface area (Å²) in [6.07, 6.45) is 1.19. The first-order chi connectivity index (χ1) is 16.6. The van der Waals surface area contributed by atoms with Crippen LogP contribution in [0.1, 0.15) is 44.2 Å². The third kappa shape index (κ3) is 7.35. The number of hydrogen-bond acceptors (Lipinski definition) is 4. The molecule has 1 aliphatic rings. The Balaban J connectivity index is 1.68. The van der Waals surface area contributed by atoms with Crippen molar-refractivity contribution in [3.8, 4) is 0 Å². The summed E-state index contributed by atoms with van der Waals surface area (Å²) < 4.78 is 40.7. The summed E-state index contributed by atoms with van der Waals surface area (Å²) in [4.78, 5) is 25.9. The minimum absolute atomic E-state index is 0.138. The molecule has 0 aromatic heterocycles. The number of nitrogens with one attached hydrogen (secondary N) is 2. The zero-order chi connectivity index (χ0) is 25.6. The van der Waals surface area contributed by atoms with Gasteiger partial charge in [0, 0.05) is 26.1 Å². The first kappa shape index (κ1) is 26.8. The van der Waals surface area contributed by atoms with Crippen molar-refractivity contribution in [3.05, 3.63) is 65.5 Å².